The van der Waals surface area contributed by atoms with Crippen molar-refractivity contribution in [1.82, 2.24) is 0 Å². The number of phenolic OH excluding ortho intramolecular Hbond substituents is 1. The number of halogens is 2. The smallest absolute Gasteiger partial charge is 0.143 e. The zero-order valence-corrected chi connectivity index (χ0v) is 10.5. The highest BCUT2D eigenvalue weighted by Crippen LogP contribution is 2.30. The van der Waals surface area contributed by atoms with E-state index < -0.39 is 5.54 Å². The van der Waals surface area contributed by atoms with Gasteiger partial charge in [-0.2, -0.15) is 0 Å². The van der Waals surface area contributed by atoms with Crippen LogP contribution in [0.1, 0.15) is 19.4 Å². The van der Waals surface area contributed by atoms with Crippen molar-refractivity contribution in [2.24, 2.45) is 4.99 Å². The molecule has 0 amide bonds. The Morgan fingerprint density at radius 1 is 1.38 bits per heavy atom. The first kappa shape index (κ1) is 13.3. The molecule has 0 atom stereocenters. The maximum atomic E-state index is 9.65. The molecule has 0 bridgehead atoms. The highest BCUT2D eigenvalue weighted by atomic mass is 35.5. The number of aliphatic imine (C=N–C) groups is 1. The zero-order valence-electron chi connectivity index (χ0n) is 9.04. The van der Waals surface area contributed by atoms with Gasteiger partial charge in [0.2, 0.25) is 0 Å². The van der Waals surface area contributed by atoms with E-state index in [1.807, 2.05) is 0 Å². The Hall–Kier alpha value is -0.770. The fourth-order valence-electron chi connectivity index (χ4n) is 0.969. The van der Waals surface area contributed by atoms with Crippen LogP contribution in [-0.4, -0.2) is 28.6 Å². The predicted octanol–water partition coefficient (Wildman–Crippen LogP) is 2.89. The number of phenols is 1. The van der Waals surface area contributed by atoms with Crippen molar-refractivity contribution in [1.29, 1.82) is 0 Å². The van der Waals surface area contributed by atoms with Crippen molar-refractivity contribution in [3.63, 3.8) is 0 Å². The number of aliphatic hydroxyl groups excluding tert-OH is 1. The standard InChI is InChI=1S/C11H13Cl2NO2/c1-11(2,6-15)14-5-7-3-8(12)4-9(13)10(7)16/h3-5,15-16H,6H2,1-2H3. The fourth-order valence-corrected chi connectivity index (χ4v) is 1.48. The summed E-state index contributed by atoms with van der Waals surface area (Å²) < 4.78 is 0. The lowest BCUT2D eigenvalue weighted by atomic mass is 10.1. The van der Waals surface area contributed by atoms with Crippen LogP contribution in [0, 0.1) is 0 Å². The molecular formula is C11H13Cl2NO2. The molecule has 1 rings (SSSR count). The van der Waals surface area contributed by atoms with Gasteiger partial charge in [-0.1, -0.05) is 23.2 Å². The number of rotatable bonds is 3. The summed E-state index contributed by atoms with van der Waals surface area (Å²) in [6.45, 7) is 3.46. The van der Waals surface area contributed by atoms with E-state index in [-0.39, 0.29) is 17.4 Å². The first-order valence-electron chi connectivity index (χ1n) is 4.70. The minimum atomic E-state index is -0.596. The molecule has 1 aromatic carbocycles. The number of aliphatic hydroxyl groups is 1. The maximum absolute atomic E-state index is 9.65. The Kier molecular flexibility index (Phi) is 4.19. The molecule has 3 nitrogen and oxygen atoms in total. The molecule has 2 N–H and O–H groups in total. The zero-order chi connectivity index (χ0) is 12.3. The van der Waals surface area contributed by atoms with E-state index in [4.69, 9.17) is 28.3 Å². The summed E-state index contributed by atoms with van der Waals surface area (Å²) in [6, 6.07) is 3.01. The van der Waals surface area contributed by atoms with Crippen molar-refractivity contribution >= 4 is 29.4 Å². The van der Waals surface area contributed by atoms with Gasteiger partial charge in [-0.05, 0) is 26.0 Å². The van der Waals surface area contributed by atoms with Crippen molar-refractivity contribution < 1.29 is 10.2 Å². The van der Waals surface area contributed by atoms with E-state index in [1.165, 1.54) is 12.3 Å². The van der Waals surface area contributed by atoms with Gasteiger partial charge in [-0.3, -0.25) is 4.99 Å². The average Bonchev–Trinajstić information content (AvgIpc) is 2.21. The molecule has 0 aliphatic heterocycles. The third-order valence-electron chi connectivity index (χ3n) is 2.00. The van der Waals surface area contributed by atoms with Crippen LogP contribution < -0.4 is 0 Å². The van der Waals surface area contributed by atoms with Gasteiger partial charge in [0.25, 0.3) is 0 Å². The third kappa shape index (κ3) is 3.37. The first-order valence-corrected chi connectivity index (χ1v) is 5.45. The normalized spacial score (nSPS) is 12.3. The van der Waals surface area contributed by atoms with Crippen LogP contribution in [0.4, 0.5) is 0 Å². The van der Waals surface area contributed by atoms with Crippen LogP contribution in [0.25, 0.3) is 0 Å². The molecule has 0 fully saturated rings. The predicted molar refractivity (Wildman–Crippen MR) is 66.9 cm³/mol. The molecule has 1 aromatic rings. The molecule has 0 heterocycles. The molecule has 0 aromatic heterocycles. The molecule has 5 heteroatoms. The molecule has 0 aliphatic rings. The Morgan fingerprint density at radius 3 is 2.56 bits per heavy atom. The minimum absolute atomic E-state index is 0.0662. The number of aromatic hydroxyl groups is 1. The van der Waals surface area contributed by atoms with Crippen LogP contribution in [0.15, 0.2) is 17.1 Å². The van der Waals surface area contributed by atoms with E-state index in [9.17, 15) is 5.11 Å². The third-order valence-corrected chi connectivity index (χ3v) is 2.50. The largest absolute Gasteiger partial charge is 0.506 e. The molecule has 88 valence electrons. The van der Waals surface area contributed by atoms with Gasteiger partial charge in [-0.15, -0.1) is 0 Å². The Morgan fingerprint density at radius 2 is 2.00 bits per heavy atom. The molecule has 0 aliphatic carbocycles. The SMILES string of the molecule is CC(C)(CO)N=Cc1cc(Cl)cc(Cl)c1O. The maximum Gasteiger partial charge on any atom is 0.143 e. The van der Waals surface area contributed by atoms with E-state index in [0.717, 1.165) is 0 Å². The van der Waals surface area contributed by atoms with Gasteiger partial charge in [0.05, 0.1) is 17.2 Å². The molecule has 0 unspecified atom stereocenters. The Labute approximate surface area is 104 Å². The van der Waals surface area contributed by atoms with Crippen LogP contribution >= 0.6 is 23.2 Å². The quantitative estimate of drug-likeness (QED) is 0.823. The highest BCUT2D eigenvalue weighted by Gasteiger charge is 2.13. The lowest BCUT2D eigenvalue weighted by Gasteiger charge is -2.15. The fraction of sp³-hybridized carbons (Fsp3) is 0.364. The Bertz CT molecular complexity index is 417. The summed E-state index contributed by atoms with van der Waals surface area (Å²) in [5.74, 6) is -0.0662. The molecular weight excluding hydrogens is 249 g/mol. The topological polar surface area (TPSA) is 52.8 Å². The number of benzene rings is 1. The van der Waals surface area contributed by atoms with Gasteiger partial charge in [0.15, 0.2) is 0 Å². The second-order valence-electron chi connectivity index (χ2n) is 4.05. The van der Waals surface area contributed by atoms with Crippen LogP contribution in [0.3, 0.4) is 0 Å². The van der Waals surface area contributed by atoms with E-state index in [1.54, 1.807) is 19.9 Å². The second kappa shape index (κ2) is 5.04. The second-order valence-corrected chi connectivity index (χ2v) is 4.90. The Balaban J connectivity index is 3.06. The van der Waals surface area contributed by atoms with Crippen molar-refractivity contribution in [2.75, 3.05) is 6.61 Å². The van der Waals surface area contributed by atoms with Crippen LogP contribution in [0.2, 0.25) is 10.0 Å². The monoisotopic (exact) mass is 261 g/mol. The van der Waals surface area contributed by atoms with E-state index >= 15 is 0 Å². The van der Waals surface area contributed by atoms with Gasteiger partial charge >= 0.3 is 0 Å². The molecule has 0 saturated heterocycles. The van der Waals surface area contributed by atoms with Crippen molar-refractivity contribution in [3.8, 4) is 5.75 Å². The molecule has 0 radical (unpaired) electrons. The van der Waals surface area contributed by atoms with Gasteiger partial charge in [-0.25, -0.2) is 0 Å². The first-order chi connectivity index (χ1) is 7.35. The van der Waals surface area contributed by atoms with Crippen LogP contribution in [0.5, 0.6) is 5.75 Å². The minimum Gasteiger partial charge on any atom is -0.506 e. The van der Waals surface area contributed by atoms with Crippen molar-refractivity contribution in [3.05, 3.63) is 27.7 Å². The summed E-state index contributed by atoms with van der Waals surface area (Å²) in [5.41, 5.74) is -0.166. The molecule has 0 saturated carbocycles. The number of hydrogen-bond donors (Lipinski definition) is 2. The average molecular weight is 262 g/mol. The number of nitrogens with zero attached hydrogens (tertiary/aromatic N) is 1. The van der Waals surface area contributed by atoms with Crippen molar-refractivity contribution in [2.45, 2.75) is 19.4 Å². The van der Waals surface area contributed by atoms with E-state index in [0.29, 0.717) is 10.6 Å². The lowest BCUT2D eigenvalue weighted by molar-refractivity contribution is 0.223. The van der Waals surface area contributed by atoms with Crippen LogP contribution in [-0.2, 0) is 0 Å². The highest BCUT2D eigenvalue weighted by molar-refractivity contribution is 6.36. The summed E-state index contributed by atoms with van der Waals surface area (Å²) in [5, 5.41) is 19.3. The summed E-state index contributed by atoms with van der Waals surface area (Å²) in [6.07, 6.45) is 1.45. The molecule has 0 spiro atoms. The molecule has 16 heavy (non-hydrogen) atoms. The lowest BCUT2D eigenvalue weighted by Crippen LogP contribution is -2.21. The summed E-state index contributed by atoms with van der Waals surface area (Å²) in [4.78, 5) is 4.14. The van der Waals surface area contributed by atoms with Gasteiger partial charge < -0.3 is 10.2 Å². The summed E-state index contributed by atoms with van der Waals surface area (Å²) >= 11 is 11.6. The summed E-state index contributed by atoms with van der Waals surface area (Å²) in [7, 11) is 0. The van der Waals surface area contributed by atoms with Gasteiger partial charge in [0.1, 0.15) is 5.75 Å². The number of hydrogen-bond acceptors (Lipinski definition) is 3. The van der Waals surface area contributed by atoms with E-state index in [2.05, 4.69) is 4.99 Å². The van der Waals surface area contributed by atoms with Gasteiger partial charge in [0, 0.05) is 16.8 Å².